The Morgan fingerprint density at radius 2 is 1.31 bits per heavy atom. The topological polar surface area (TPSA) is 348 Å². The lowest BCUT2D eigenvalue weighted by Gasteiger charge is -2.15. The van der Waals surface area contributed by atoms with E-state index in [2.05, 4.69) is 54.6 Å². The van der Waals surface area contributed by atoms with Crippen LogP contribution in [0.15, 0.2) is 108 Å². The van der Waals surface area contributed by atoms with Gasteiger partial charge in [0.2, 0.25) is 17.2 Å². The molecule has 0 aliphatic rings. The van der Waals surface area contributed by atoms with Crippen molar-refractivity contribution in [3.63, 3.8) is 0 Å². The number of benzene rings is 5. The van der Waals surface area contributed by atoms with E-state index in [-0.39, 0.29) is 66.7 Å². The van der Waals surface area contributed by atoms with Crippen LogP contribution in [0.5, 0.6) is 5.75 Å². The second-order valence-corrected chi connectivity index (χ2v) is 17.1. The number of azo groups is 1. The summed E-state index contributed by atoms with van der Waals surface area (Å²) >= 11 is 6.75. The summed E-state index contributed by atoms with van der Waals surface area (Å²) in [6, 6.07) is 14.5. The van der Waals surface area contributed by atoms with Gasteiger partial charge in [0.1, 0.15) is 10.6 Å². The number of halogens is 1. The van der Waals surface area contributed by atoms with Gasteiger partial charge < -0.3 is 15.7 Å². The van der Waals surface area contributed by atoms with Gasteiger partial charge in [0.05, 0.1) is 60.7 Å². The second-order valence-electron chi connectivity index (χ2n) is 11.0. The van der Waals surface area contributed by atoms with Crippen LogP contribution in [0.4, 0.5) is 34.6 Å². The Hall–Kier alpha value is -4.89. The van der Waals surface area contributed by atoms with Gasteiger partial charge in [0.25, 0.3) is 30.4 Å². The summed E-state index contributed by atoms with van der Waals surface area (Å²) in [6.07, 6.45) is 0. The van der Waals surface area contributed by atoms with Gasteiger partial charge in [-0.15, -0.1) is 13.8 Å². The number of fused-ring (bicyclic) bond motifs is 2. The molecule has 8 N–H and O–H groups in total. The van der Waals surface area contributed by atoms with Crippen molar-refractivity contribution in [2.75, 3.05) is 10.6 Å². The van der Waals surface area contributed by atoms with Gasteiger partial charge in [-0.05, 0) is 77.0 Å². The fraction of sp³-hybridized carbons (Fsp3) is 0. The van der Waals surface area contributed by atoms with Crippen LogP contribution in [-0.2, 0) is 49.1 Å². The van der Waals surface area contributed by atoms with E-state index < -0.39 is 62.0 Å². The first-order valence-electron chi connectivity index (χ1n) is 15.0. The maximum Gasteiger partial charge on any atom is 0.295 e. The molecule has 5 aromatic carbocycles. The van der Waals surface area contributed by atoms with E-state index in [4.69, 9.17) is 22.1 Å². The van der Waals surface area contributed by atoms with Crippen LogP contribution >= 0.6 is 35.7 Å². The summed E-state index contributed by atoms with van der Waals surface area (Å²) < 4.78 is 110. The third kappa shape index (κ3) is 9.86. The zero-order chi connectivity index (χ0) is 42.0. The molecular weight excluding hydrogens is 898 g/mol. The molecule has 1 heterocycles. The SMILES string of the molecule is O=S(=O)(O)c1ccc(Nc2nc(Cl)nc(Nc3cc(S(=O)(=O)O)cc4cc(SOOO)c(N=Nc5ccc6cccc(S(=O)(=O)O)c6c5)c(O)c34)n2)c(SOOO)c1. The van der Waals surface area contributed by atoms with E-state index in [9.17, 15) is 44.0 Å². The Labute approximate surface area is 338 Å². The monoisotopic (exact) mass is 917 g/mol. The van der Waals surface area contributed by atoms with Gasteiger partial charge in [0, 0.05) is 10.8 Å². The Balaban J connectivity index is 1.47. The molecule has 0 aliphatic heterocycles. The Kier molecular flexibility index (Phi) is 12.6. The highest BCUT2D eigenvalue weighted by atomic mass is 35.5. The molecule has 6 rings (SSSR count). The fourth-order valence-corrected chi connectivity index (χ4v) is 8.11. The summed E-state index contributed by atoms with van der Waals surface area (Å²) in [5.41, 5.74) is -0.644. The van der Waals surface area contributed by atoms with Crippen molar-refractivity contribution in [1.29, 1.82) is 0 Å². The number of hydrogen-bond donors (Lipinski definition) is 8. The number of nitrogens with one attached hydrogen (secondary N) is 2. The third-order valence-electron chi connectivity index (χ3n) is 7.45. The molecule has 0 unspecified atom stereocenters. The van der Waals surface area contributed by atoms with Gasteiger partial charge >= 0.3 is 0 Å². The first-order chi connectivity index (χ1) is 27.3. The Bertz CT molecular complexity index is 2960. The number of aromatic hydroxyl groups is 1. The lowest BCUT2D eigenvalue weighted by atomic mass is 10.1. The molecule has 0 saturated carbocycles. The molecule has 58 heavy (non-hydrogen) atoms. The van der Waals surface area contributed by atoms with Gasteiger partial charge in [-0.1, -0.05) is 28.3 Å². The number of anilines is 4. The average molecular weight is 918 g/mol. The number of nitrogens with zero attached hydrogens (tertiary/aromatic N) is 5. The van der Waals surface area contributed by atoms with Gasteiger partial charge in [-0.2, -0.15) is 45.3 Å². The molecule has 0 radical (unpaired) electrons. The molecular formula is C29H20ClN7O16S5. The van der Waals surface area contributed by atoms with E-state index in [0.717, 1.165) is 30.3 Å². The van der Waals surface area contributed by atoms with E-state index in [1.165, 1.54) is 36.4 Å². The third-order valence-corrected chi connectivity index (χ3v) is 11.5. The van der Waals surface area contributed by atoms with E-state index in [1.54, 1.807) is 6.07 Å². The summed E-state index contributed by atoms with van der Waals surface area (Å²) in [5, 5.41) is 49.7. The molecule has 0 aliphatic carbocycles. The molecule has 29 heteroatoms. The number of phenolic OH excluding ortho intramolecular Hbond substituents is 1. The highest BCUT2D eigenvalue weighted by Crippen LogP contribution is 2.47. The van der Waals surface area contributed by atoms with Gasteiger partial charge in [0.15, 0.2) is 5.75 Å². The second kappa shape index (κ2) is 17.1. The predicted molar refractivity (Wildman–Crippen MR) is 202 cm³/mol. The zero-order valence-electron chi connectivity index (χ0n) is 27.8. The molecule has 0 spiro atoms. The van der Waals surface area contributed by atoms with Crippen LogP contribution in [0.2, 0.25) is 5.28 Å². The normalized spacial score (nSPS) is 12.4. The van der Waals surface area contributed by atoms with Crippen molar-refractivity contribution in [3.05, 3.63) is 78.1 Å². The standard InChI is InChI=1S/C29H20ClN7O16S5/c30-27-33-28(31-19-7-6-16(56(41,42)43)12-21(19)54-52-50-39)35-29(34-27)32-20-11-17(57(44,45)46)8-14-9-22(55-53-51-40)25(26(38)24(14)20)37-36-15-5-4-13-2-1-3-23(18(13)10-15)58(47,48)49/h1-12,38-40H,(H,41,42,43)(H,44,45,46)(H,47,48,49)(H2,31,32,33,34,35). The minimum atomic E-state index is -4.95. The number of phenols is 1. The van der Waals surface area contributed by atoms with Crippen molar-refractivity contribution in [2.45, 2.75) is 24.5 Å². The van der Waals surface area contributed by atoms with Crippen molar-refractivity contribution < 1.29 is 73.3 Å². The average Bonchev–Trinajstić information content (AvgIpc) is 3.14. The summed E-state index contributed by atoms with van der Waals surface area (Å²) in [4.78, 5) is 10.1. The quantitative estimate of drug-likeness (QED) is 0.0168. The van der Waals surface area contributed by atoms with Crippen molar-refractivity contribution in [3.8, 4) is 5.75 Å². The highest BCUT2D eigenvalue weighted by molar-refractivity contribution is 7.95. The number of rotatable bonds is 15. The number of hydrogen-bond acceptors (Lipinski definition) is 22. The molecule has 0 bridgehead atoms. The van der Waals surface area contributed by atoms with Crippen LogP contribution in [0.1, 0.15) is 0 Å². The minimum Gasteiger partial charge on any atom is -0.505 e. The van der Waals surface area contributed by atoms with E-state index in [0.29, 0.717) is 17.4 Å². The minimum absolute atomic E-state index is 0.00821. The summed E-state index contributed by atoms with van der Waals surface area (Å²) in [5.74, 6) is -1.48. The molecule has 0 saturated heterocycles. The molecule has 0 fully saturated rings. The van der Waals surface area contributed by atoms with Crippen molar-refractivity contribution in [1.82, 2.24) is 15.0 Å². The lowest BCUT2D eigenvalue weighted by molar-refractivity contribution is -0.432. The van der Waals surface area contributed by atoms with Crippen LogP contribution in [-0.4, -0.2) is 69.5 Å². The molecule has 0 atom stereocenters. The lowest BCUT2D eigenvalue weighted by Crippen LogP contribution is -2.06. The predicted octanol–water partition coefficient (Wildman–Crippen LogP) is 7.04. The van der Waals surface area contributed by atoms with Gasteiger partial charge in [-0.25, -0.2) is 10.5 Å². The molecule has 1 aromatic heterocycles. The maximum absolute atomic E-state index is 12.4. The molecule has 0 amide bonds. The Morgan fingerprint density at radius 1 is 0.655 bits per heavy atom. The molecule has 6 aromatic rings. The Morgan fingerprint density at radius 3 is 1.95 bits per heavy atom. The molecule has 304 valence electrons. The van der Waals surface area contributed by atoms with Crippen LogP contribution in [0.25, 0.3) is 21.5 Å². The summed E-state index contributed by atoms with van der Waals surface area (Å²) in [6.45, 7) is 0. The fourth-order valence-electron chi connectivity index (χ4n) is 5.14. The maximum atomic E-state index is 12.4. The van der Waals surface area contributed by atoms with Crippen molar-refractivity contribution >= 4 is 122 Å². The van der Waals surface area contributed by atoms with Gasteiger partial charge in [-0.3, -0.25) is 13.7 Å². The van der Waals surface area contributed by atoms with Crippen LogP contribution in [0.3, 0.4) is 0 Å². The molecule has 23 nitrogen and oxygen atoms in total. The van der Waals surface area contributed by atoms with Crippen LogP contribution in [0, 0.1) is 0 Å². The largest absolute Gasteiger partial charge is 0.505 e. The first-order valence-corrected chi connectivity index (χ1v) is 21.1. The summed E-state index contributed by atoms with van der Waals surface area (Å²) in [7, 11) is -14.3. The smallest absolute Gasteiger partial charge is 0.295 e. The van der Waals surface area contributed by atoms with Crippen LogP contribution < -0.4 is 10.6 Å². The zero-order valence-corrected chi connectivity index (χ0v) is 32.7. The van der Waals surface area contributed by atoms with Crippen molar-refractivity contribution in [2.24, 2.45) is 10.2 Å². The van der Waals surface area contributed by atoms with E-state index >= 15 is 0 Å². The van der Waals surface area contributed by atoms with E-state index in [1.807, 2.05) is 0 Å². The first kappa shape index (κ1) is 42.7. The number of aromatic nitrogens is 3. The highest BCUT2D eigenvalue weighted by Gasteiger charge is 2.23.